The van der Waals surface area contributed by atoms with Gasteiger partial charge >= 0.3 is 0 Å². The quantitative estimate of drug-likeness (QED) is 0.0870. The van der Waals surface area contributed by atoms with Crippen LogP contribution in [0.25, 0.3) is 0 Å². The first-order valence-electron chi connectivity index (χ1n) is 12.2. The second kappa shape index (κ2) is 17.2. The third-order valence-electron chi connectivity index (χ3n) is 5.39. The number of anilines is 1. The lowest BCUT2D eigenvalue weighted by Gasteiger charge is -2.16. The minimum absolute atomic E-state index is 0.253. The molecule has 37 heavy (non-hydrogen) atoms. The summed E-state index contributed by atoms with van der Waals surface area (Å²) in [5.41, 5.74) is 4.71. The number of unbranched alkanes of at least 4 members (excludes halogenated alkanes) is 1. The number of hydrogen-bond donors (Lipinski definition) is 2. The van der Waals surface area contributed by atoms with Crippen LogP contribution in [0.1, 0.15) is 49.1 Å². The zero-order chi connectivity index (χ0) is 27.8. The number of aryl methyl sites for hydroxylation is 1. The molecule has 7 heteroatoms. The zero-order valence-corrected chi connectivity index (χ0v) is 23.3. The summed E-state index contributed by atoms with van der Waals surface area (Å²) in [6.45, 7) is 12.6. The van der Waals surface area contributed by atoms with Gasteiger partial charge in [0.05, 0.1) is 6.61 Å². The van der Waals surface area contributed by atoms with Crippen molar-refractivity contribution in [3.05, 3.63) is 87.8 Å². The molecule has 0 amide bonds. The molecule has 0 unspecified atom stereocenters. The van der Waals surface area contributed by atoms with Gasteiger partial charge in [0.1, 0.15) is 10.8 Å². The summed E-state index contributed by atoms with van der Waals surface area (Å²) in [6.07, 6.45) is 23.1. The van der Waals surface area contributed by atoms with E-state index in [4.69, 9.17) is 21.1 Å². The van der Waals surface area contributed by atoms with Gasteiger partial charge in [-0.25, -0.2) is 4.98 Å². The normalized spacial score (nSPS) is 11.5. The third kappa shape index (κ3) is 10.3. The average molecular weight is 528 g/mol. The number of terminal acetylenes is 1. The predicted molar refractivity (Wildman–Crippen MR) is 154 cm³/mol. The Labute approximate surface area is 226 Å². The Hall–Kier alpha value is -3.27. The second-order valence-electron chi connectivity index (χ2n) is 8.42. The fourth-order valence-corrected chi connectivity index (χ4v) is 3.70. The van der Waals surface area contributed by atoms with Crippen LogP contribution in [0.5, 0.6) is 5.75 Å². The molecule has 2 heterocycles. The molecular formula is C30H39ClFN3O2. The van der Waals surface area contributed by atoms with Crippen LogP contribution in [0.2, 0.25) is 5.02 Å². The Morgan fingerprint density at radius 2 is 2.00 bits per heavy atom. The second-order valence-corrected chi connectivity index (χ2v) is 8.80. The summed E-state index contributed by atoms with van der Waals surface area (Å²) in [6, 6.07) is 0. The molecular weight excluding hydrogens is 489 g/mol. The van der Waals surface area contributed by atoms with E-state index in [1.165, 1.54) is 11.1 Å². The number of methoxy groups -OCH3 is 1. The minimum Gasteiger partial charge on any atom is -0.456 e. The molecule has 0 aromatic carbocycles. The van der Waals surface area contributed by atoms with Gasteiger partial charge in [-0.05, 0) is 63.3 Å². The van der Waals surface area contributed by atoms with Crippen molar-refractivity contribution in [2.75, 3.05) is 25.6 Å². The van der Waals surface area contributed by atoms with E-state index in [1.54, 1.807) is 14.0 Å². The van der Waals surface area contributed by atoms with Crippen molar-refractivity contribution in [2.24, 2.45) is 0 Å². The molecule has 0 spiro atoms. The maximum atomic E-state index is 14.7. The molecule has 0 atom stereocenters. The number of aromatic amines is 1. The van der Waals surface area contributed by atoms with Crippen molar-refractivity contribution in [3.8, 4) is 18.6 Å². The van der Waals surface area contributed by atoms with Gasteiger partial charge < -0.3 is 19.8 Å². The Morgan fingerprint density at radius 3 is 2.65 bits per heavy atom. The van der Waals surface area contributed by atoms with E-state index in [1.807, 2.05) is 37.4 Å². The highest BCUT2D eigenvalue weighted by Crippen LogP contribution is 2.36. The molecule has 2 N–H and O–H groups in total. The van der Waals surface area contributed by atoms with Crippen LogP contribution >= 0.6 is 11.6 Å². The number of aromatic nitrogens is 2. The molecule has 200 valence electrons. The molecule has 5 nitrogen and oxygen atoms in total. The van der Waals surface area contributed by atoms with Crippen LogP contribution in [0.4, 0.5) is 10.2 Å². The number of nitrogens with zero attached hydrogens (tertiary/aromatic N) is 1. The zero-order valence-electron chi connectivity index (χ0n) is 22.6. The van der Waals surface area contributed by atoms with Crippen LogP contribution in [-0.2, 0) is 17.6 Å². The number of hydrogen-bond acceptors (Lipinski definition) is 4. The Kier molecular flexibility index (Phi) is 14.8. The first-order chi connectivity index (χ1) is 17.8. The number of rotatable bonds is 14. The fourth-order valence-electron chi connectivity index (χ4n) is 3.41. The first kappa shape index (κ1) is 31.8. The van der Waals surface area contributed by atoms with Gasteiger partial charge in [-0.15, -0.1) is 12.8 Å². The molecule has 0 saturated carbocycles. The van der Waals surface area contributed by atoms with Crippen LogP contribution < -0.4 is 10.1 Å². The monoisotopic (exact) mass is 527 g/mol. The van der Waals surface area contributed by atoms with Crippen LogP contribution in [0.15, 0.2) is 54.5 Å². The highest BCUT2D eigenvalue weighted by atomic mass is 35.5. The molecule has 0 radical (unpaired) electrons. The number of halogens is 2. The van der Waals surface area contributed by atoms with E-state index in [0.29, 0.717) is 18.9 Å². The van der Waals surface area contributed by atoms with Gasteiger partial charge in [-0.1, -0.05) is 55.3 Å². The summed E-state index contributed by atoms with van der Waals surface area (Å²) in [5.74, 6) is 0.492. The molecule has 0 bridgehead atoms. The maximum Gasteiger partial charge on any atom is 0.221 e. The average Bonchev–Trinajstić information content (AvgIpc) is 3.23. The molecule has 2 aromatic heterocycles. The largest absolute Gasteiger partial charge is 0.456 e. The summed E-state index contributed by atoms with van der Waals surface area (Å²) in [5, 5.41) is 3.44. The predicted octanol–water partition coefficient (Wildman–Crippen LogP) is 7.66. The number of pyridine rings is 1. The Morgan fingerprint density at radius 1 is 1.27 bits per heavy atom. The number of nitrogens with one attached hydrogen (secondary N) is 2. The minimum atomic E-state index is -0.618. The van der Waals surface area contributed by atoms with Crippen molar-refractivity contribution in [1.82, 2.24) is 9.97 Å². The highest BCUT2D eigenvalue weighted by Gasteiger charge is 2.18. The standard InChI is InChI=1S/C28H37ClFN3O2.C2H2/c1-7-8-11-23(14-13-19(2)3)35-26-20(4)27(30)33-28(25(26)29)31-16-15-22-18-32-21(5)24(22)12-9-10-17-34-6;1-2/h9-11,13-14,18,32H,2,7-8,12,15-17H2,1,3-6H3,(H,31,33);1-2H/b10-9-,14-13-,23-11+;. The first-order valence-corrected chi connectivity index (χ1v) is 12.6. The lowest BCUT2D eigenvalue weighted by atomic mass is 10.0. The van der Waals surface area contributed by atoms with Gasteiger partial charge in [-0.2, -0.15) is 4.39 Å². The molecule has 0 aliphatic rings. The van der Waals surface area contributed by atoms with E-state index < -0.39 is 5.95 Å². The number of ether oxygens (including phenoxy) is 2. The molecule has 2 aromatic rings. The van der Waals surface area contributed by atoms with Crippen molar-refractivity contribution in [1.29, 1.82) is 0 Å². The molecule has 0 fully saturated rings. The molecule has 0 saturated heterocycles. The SMILES string of the molecule is C#C.C=C(C)/C=C\C(=C/CCC)Oc1c(C)c(F)nc(NCCc2c[nH]c(C)c2C/C=C\COC)c1Cl. The van der Waals surface area contributed by atoms with Crippen molar-refractivity contribution < 1.29 is 13.9 Å². The van der Waals surface area contributed by atoms with Crippen molar-refractivity contribution >= 4 is 17.4 Å². The molecule has 2 rings (SSSR count). The van der Waals surface area contributed by atoms with E-state index >= 15 is 0 Å². The summed E-state index contributed by atoms with van der Waals surface area (Å²) >= 11 is 6.63. The Balaban J connectivity index is 0.00000334. The Bertz CT molecular complexity index is 1130. The highest BCUT2D eigenvalue weighted by molar-refractivity contribution is 6.34. The van der Waals surface area contributed by atoms with E-state index in [9.17, 15) is 4.39 Å². The van der Waals surface area contributed by atoms with Crippen molar-refractivity contribution in [3.63, 3.8) is 0 Å². The summed E-state index contributed by atoms with van der Waals surface area (Å²) < 4.78 is 25.8. The third-order valence-corrected chi connectivity index (χ3v) is 5.75. The maximum absolute atomic E-state index is 14.7. The van der Waals surface area contributed by atoms with Gasteiger partial charge in [0.15, 0.2) is 11.6 Å². The van der Waals surface area contributed by atoms with Crippen molar-refractivity contribution in [2.45, 2.75) is 53.4 Å². The fraction of sp³-hybridized carbons (Fsp3) is 0.367. The molecule has 0 aliphatic heterocycles. The van der Waals surface area contributed by atoms with Gasteiger partial charge in [0.25, 0.3) is 0 Å². The van der Waals surface area contributed by atoms with Gasteiger partial charge in [0.2, 0.25) is 5.95 Å². The van der Waals surface area contributed by atoms with E-state index in [-0.39, 0.29) is 22.2 Å². The van der Waals surface area contributed by atoms with E-state index in [2.05, 4.69) is 54.6 Å². The van der Waals surface area contributed by atoms with Crippen LogP contribution in [0, 0.1) is 32.6 Å². The van der Waals surface area contributed by atoms with Gasteiger partial charge in [0, 0.05) is 31.1 Å². The topological polar surface area (TPSA) is 59.2 Å². The van der Waals surface area contributed by atoms with Crippen LogP contribution in [-0.4, -0.2) is 30.2 Å². The van der Waals surface area contributed by atoms with Gasteiger partial charge in [-0.3, -0.25) is 0 Å². The number of allylic oxidation sites excluding steroid dienone is 5. The lowest BCUT2D eigenvalue weighted by Crippen LogP contribution is -2.10. The smallest absolute Gasteiger partial charge is 0.221 e. The lowest BCUT2D eigenvalue weighted by molar-refractivity contribution is 0.233. The van der Waals surface area contributed by atoms with E-state index in [0.717, 1.165) is 37.0 Å². The summed E-state index contributed by atoms with van der Waals surface area (Å²) in [7, 11) is 1.67. The summed E-state index contributed by atoms with van der Waals surface area (Å²) in [4.78, 5) is 7.32. The van der Waals surface area contributed by atoms with Crippen LogP contribution in [0.3, 0.4) is 0 Å². The molecule has 0 aliphatic carbocycles. The number of H-pyrrole nitrogens is 1.